The Kier molecular flexibility index (Phi) is 3.82. The zero-order valence-corrected chi connectivity index (χ0v) is 11.7. The molecule has 0 saturated heterocycles. The van der Waals surface area contributed by atoms with Crippen LogP contribution in [0.3, 0.4) is 0 Å². The summed E-state index contributed by atoms with van der Waals surface area (Å²) in [6.07, 6.45) is 0. The van der Waals surface area contributed by atoms with E-state index in [0.29, 0.717) is 0 Å². The van der Waals surface area contributed by atoms with Gasteiger partial charge in [0.1, 0.15) is 7.85 Å². The second-order valence-electron chi connectivity index (χ2n) is 4.99. The first-order valence-electron chi connectivity index (χ1n) is 5.89. The smallest absolute Gasteiger partial charge is 0.0955 e. The molecule has 88 valence electrons. The fraction of sp³-hybridized carbons (Fsp3) is 0.250. The minimum absolute atomic E-state index is 1.04. The van der Waals surface area contributed by atoms with E-state index in [1.54, 1.807) is 0 Å². The predicted octanol–water partition coefficient (Wildman–Crippen LogP) is 2.23. The summed E-state index contributed by atoms with van der Waals surface area (Å²) in [6.45, 7) is 20.8. The first-order valence-corrected chi connectivity index (χ1v) is 5.89. The maximum atomic E-state index is 4.20. The topological polar surface area (TPSA) is 0 Å². The van der Waals surface area contributed by atoms with Crippen molar-refractivity contribution in [1.29, 1.82) is 0 Å². The highest BCUT2D eigenvalue weighted by molar-refractivity contribution is 6.43. The third kappa shape index (κ3) is 2.44. The monoisotopic (exact) mass is 224 g/mol. The van der Waals surface area contributed by atoms with Crippen LogP contribution in [-0.2, 0) is 0 Å². The Hall–Kier alpha value is -1.50. The van der Waals surface area contributed by atoms with Gasteiger partial charge in [-0.3, -0.25) is 0 Å². The Bertz CT molecular complexity index is 599. The first kappa shape index (κ1) is 13.6. The van der Waals surface area contributed by atoms with Gasteiger partial charge in [-0.25, -0.2) is 0 Å². The average Bonchev–Trinajstić information content (AvgIpc) is 2.21. The van der Waals surface area contributed by atoms with Gasteiger partial charge in [0.2, 0.25) is 0 Å². The van der Waals surface area contributed by atoms with Gasteiger partial charge in [-0.05, 0) is 60.4 Å². The number of hydrogen-bond acceptors (Lipinski definition) is 0. The van der Waals surface area contributed by atoms with Crippen molar-refractivity contribution in [1.82, 2.24) is 0 Å². The molecule has 0 aliphatic carbocycles. The van der Waals surface area contributed by atoms with Crippen molar-refractivity contribution in [3.8, 4) is 0 Å². The van der Waals surface area contributed by atoms with Crippen molar-refractivity contribution in [2.75, 3.05) is 0 Å². The number of rotatable bonds is 2. The Labute approximate surface area is 105 Å². The molecule has 1 heteroatoms. The third-order valence-corrected chi connectivity index (χ3v) is 3.29. The van der Waals surface area contributed by atoms with Gasteiger partial charge in [0.05, 0.1) is 0 Å². The molecule has 0 radical (unpaired) electrons. The van der Waals surface area contributed by atoms with Crippen molar-refractivity contribution in [3.05, 3.63) is 45.3 Å². The highest BCUT2D eigenvalue weighted by Gasteiger charge is 2.10. The molecule has 0 saturated carbocycles. The zero-order valence-electron chi connectivity index (χ0n) is 11.7. The fourth-order valence-corrected chi connectivity index (χ4v) is 2.08. The predicted molar refractivity (Wildman–Crippen MR) is 83.0 cm³/mol. The SMILES string of the molecule is BC(=C(C)C)c1c(C(=C)C)c(=C)cc(C)c1=C. The maximum Gasteiger partial charge on any atom is 0.140 e. The van der Waals surface area contributed by atoms with Gasteiger partial charge in [0.15, 0.2) is 0 Å². The molecule has 0 fully saturated rings. The normalized spacial score (nSPS) is 10.1. The highest BCUT2D eigenvalue weighted by atomic mass is 14.1. The summed E-state index contributed by atoms with van der Waals surface area (Å²) >= 11 is 0. The third-order valence-electron chi connectivity index (χ3n) is 3.29. The minimum Gasteiger partial charge on any atom is -0.0955 e. The fourth-order valence-electron chi connectivity index (χ4n) is 2.08. The van der Waals surface area contributed by atoms with Gasteiger partial charge < -0.3 is 0 Å². The van der Waals surface area contributed by atoms with Gasteiger partial charge in [-0.1, -0.05) is 36.8 Å². The van der Waals surface area contributed by atoms with Gasteiger partial charge in [0.25, 0.3) is 0 Å². The molecule has 0 unspecified atom stereocenters. The summed E-state index contributed by atoms with van der Waals surface area (Å²) in [5, 5.41) is 2.13. The molecule has 1 aromatic rings. The molecule has 0 aliphatic rings. The quantitative estimate of drug-likeness (QED) is 0.676. The minimum atomic E-state index is 1.04. The summed E-state index contributed by atoms with van der Waals surface area (Å²) in [5.41, 5.74) is 7.19. The van der Waals surface area contributed by atoms with E-state index in [-0.39, 0.29) is 0 Å². The van der Waals surface area contributed by atoms with Gasteiger partial charge >= 0.3 is 0 Å². The summed E-state index contributed by atoms with van der Waals surface area (Å²) in [7, 11) is 2.14. The Morgan fingerprint density at radius 2 is 1.65 bits per heavy atom. The lowest BCUT2D eigenvalue weighted by molar-refractivity contribution is 1.32. The molecule has 0 heterocycles. The summed E-state index contributed by atoms with van der Waals surface area (Å²) in [5.74, 6) is 0. The lowest BCUT2D eigenvalue weighted by Gasteiger charge is -2.15. The van der Waals surface area contributed by atoms with Crippen LogP contribution in [0.15, 0.2) is 18.2 Å². The number of hydrogen-bond donors (Lipinski definition) is 0. The molecule has 0 N–H and O–H groups in total. The molecular weight excluding hydrogens is 203 g/mol. The zero-order chi connectivity index (χ0) is 13.3. The van der Waals surface area contributed by atoms with Gasteiger partial charge in [-0.15, -0.1) is 0 Å². The molecule has 0 aliphatic heterocycles. The Morgan fingerprint density at radius 1 is 1.12 bits per heavy atom. The number of allylic oxidation sites excluding steroid dienone is 2. The summed E-state index contributed by atoms with van der Waals surface area (Å²) < 4.78 is 0. The molecule has 0 bridgehead atoms. The molecule has 1 aromatic carbocycles. The Morgan fingerprint density at radius 3 is 2.06 bits per heavy atom. The van der Waals surface area contributed by atoms with E-state index in [4.69, 9.17) is 0 Å². The molecular formula is C16H21B. The van der Waals surface area contributed by atoms with E-state index in [1.807, 2.05) is 6.92 Å². The van der Waals surface area contributed by atoms with E-state index in [0.717, 1.165) is 21.6 Å². The lowest BCUT2D eigenvalue weighted by Crippen LogP contribution is -2.22. The van der Waals surface area contributed by atoms with Crippen LogP contribution in [0.25, 0.3) is 24.2 Å². The second kappa shape index (κ2) is 4.79. The van der Waals surface area contributed by atoms with E-state index in [9.17, 15) is 0 Å². The molecule has 0 atom stereocenters. The van der Waals surface area contributed by atoms with Crippen LogP contribution < -0.4 is 10.4 Å². The molecule has 1 rings (SSSR count). The van der Waals surface area contributed by atoms with Crippen LogP contribution in [0.4, 0.5) is 0 Å². The molecule has 0 amide bonds. The standard InChI is InChI=1S/C16H21B/c1-9(2)14-12(6)8-11(5)13(7)15(14)16(17)10(3)4/h8H,1,6-7,17H2,2-5H3. The van der Waals surface area contributed by atoms with Crippen LogP contribution in [0.1, 0.15) is 37.5 Å². The largest absolute Gasteiger partial charge is 0.140 e. The second-order valence-corrected chi connectivity index (χ2v) is 4.99. The van der Waals surface area contributed by atoms with Crippen molar-refractivity contribution in [2.45, 2.75) is 27.7 Å². The highest BCUT2D eigenvalue weighted by Crippen LogP contribution is 2.19. The van der Waals surface area contributed by atoms with E-state index in [1.165, 1.54) is 22.2 Å². The van der Waals surface area contributed by atoms with Crippen molar-refractivity contribution in [2.24, 2.45) is 0 Å². The summed E-state index contributed by atoms with van der Waals surface area (Å²) in [6, 6.07) is 2.09. The molecule has 0 spiro atoms. The number of benzene rings is 1. The van der Waals surface area contributed by atoms with Crippen LogP contribution >= 0.6 is 0 Å². The lowest BCUT2D eigenvalue weighted by atomic mass is 9.79. The van der Waals surface area contributed by atoms with Crippen LogP contribution in [0.5, 0.6) is 0 Å². The van der Waals surface area contributed by atoms with Crippen LogP contribution in [0.2, 0.25) is 0 Å². The van der Waals surface area contributed by atoms with Crippen molar-refractivity contribution >= 4 is 32.0 Å². The van der Waals surface area contributed by atoms with Crippen molar-refractivity contribution < 1.29 is 0 Å². The van der Waals surface area contributed by atoms with Crippen LogP contribution in [-0.4, -0.2) is 7.85 Å². The van der Waals surface area contributed by atoms with Crippen molar-refractivity contribution in [3.63, 3.8) is 0 Å². The Balaban J connectivity index is 3.92. The summed E-state index contributed by atoms with van der Waals surface area (Å²) in [4.78, 5) is 0. The van der Waals surface area contributed by atoms with E-state index < -0.39 is 0 Å². The molecule has 0 nitrogen and oxygen atoms in total. The van der Waals surface area contributed by atoms with Gasteiger partial charge in [0, 0.05) is 0 Å². The van der Waals surface area contributed by atoms with E-state index in [2.05, 4.69) is 54.4 Å². The number of aryl methyl sites for hydroxylation is 1. The first-order chi connectivity index (χ1) is 7.77. The molecule has 0 aromatic heterocycles. The molecule has 17 heavy (non-hydrogen) atoms. The van der Waals surface area contributed by atoms with Gasteiger partial charge in [-0.2, -0.15) is 0 Å². The maximum absolute atomic E-state index is 4.20. The van der Waals surface area contributed by atoms with Crippen LogP contribution in [0, 0.1) is 6.92 Å². The van der Waals surface area contributed by atoms with E-state index >= 15 is 0 Å². The average molecular weight is 224 g/mol.